The summed E-state index contributed by atoms with van der Waals surface area (Å²) in [6, 6.07) is 16.0. The van der Waals surface area contributed by atoms with Crippen LogP contribution in [-0.2, 0) is 33.8 Å². The van der Waals surface area contributed by atoms with Crippen LogP contribution in [0.25, 0.3) is 0 Å². The van der Waals surface area contributed by atoms with E-state index in [4.69, 9.17) is 14.2 Å². The van der Waals surface area contributed by atoms with Gasteiger partial charge in [0.25, 0.3) is 5.91 Å². The van der Waals surface area contributed by atoms with Gasteiger partial charge in [0.05, 0.1) is 19.6 Å². The van der Waals surface area contributed by atoms with Gasteiger partial charge in [-0.05, 0) is 59.5 Å². The molecule has 0 saturated carbocycles. The number of carbonyl (C=O) groups excluding carboxylic acids is 3. The summed E-state index contributed by atoms with van der Waals surface area (Å²) in [5.74, 6) is -0.569. The maximum Gasteiger partial charge on any atom is 0.258 e. The van der Waals surface area contributed by atoms with Crippen LogP contribution in [0.4, 0.5) is 4.39 Å². The molecule has 0 aliphatic carbocycles. The van der Waals surface area contributed by atoms with Gasteiger partial charge in [0, 0.05) is 32.5 Å². The van der Waals surface area contributed by atoms with Crippen molar-refractivity contribution in [3.05, 3.63) is 83.2 Å². The number of amides is 3. The number of ether oxygens (including phenoxy) is 3. The topological polar surface area (TPSA) is 126 Å². The summed E-state index contributed by atoms with van der Waals surface area (Å²) < 4.78 is 31.3. The van der Waals surface area contributed by atoms with Gasteiger partial charge >= 0.3 is 0 Å². The molecule has 5 heterocycles. The fourth-order valence-electron chi connectivity index (χ4n) is 5.17. The van der Waals surface area contributed by atoms with Crippen molar-refractivity contribution < 1.29 is 38.1 Å². The normalized spacial score (nSPS) is 19.3. The van der Waals surface area contributed by atoms with Crippen LogP contribution >= 0.6 is 0 Å². The number of phenolic OH excluding ortho intramolecular Hbond substituents is 1. The lowest BCUT2D eigenvalue weighted by Gasteiger charge is -2.39. The SMILES string of the molecule is COc1cc2ccc1OCC(=O)N[C@@H]1CN(C(=O)Cc3ccc(O)c(F)c3)CC[C@H]1Oc1ccc(cc1)CNC(=O)CC2. The minimum Gasteiger partial charge on any atom is -0.505 e. The lowest BCUT2D eigenvalue weighted by molar-refractivity contribution is -0.135. The van der Waals surface area contributed by atoms with E-state index in [0.29, 0.717) is 55.2 Å². The molecule has 10 nitrogen and oxygen atoms in total. The summed E-state index contributed by atoms with van der Waals surface area (Å²) in [4.78, 5) is 40.3. The minimum absolute atomic E-state index is 0.0553. The van der Waals surface area contributed by atoms with Gasteiger partial charge in [0.1, 0.15) is 11.9 Å². The number of likely N-dealkylation sites (tertiary alicyclic amines) is 1. The average molecular weight is 592 g/mol. The number of nitrogens with zero attached hydrogens (tertiary/aromatic N) is 1. The number of carbonyl (C=O) groups is 3. The number of piperidine rings is 1. The number of rotatable bonds is 3. The molecule has 43 heavy (non-hydrogen) atoms. The molecule has 3 aromatic rings. The number of halogens is 1. The fraction of sp³-hybridized carbons (Fsp3) is 0.344. The molecular formula is C32H34FN3O7. The summed E-state index contributed by atoms with van der Waals surface area (Å²) in [6.45, 7) is 0.634. The predicted molar refractivity (Wildman–Crippen MR) is 154 cm³/mol. The van der Waals surface area contributed by atoms with Crippen LogP contribution in [0, 0.1) is 5.82 Å². The van der Waals surface area contributed by atoms with Gasteiger partial charge in [-0.15, -0.1) is 0 Å². The smallest absolute Gasteiger partial charge is 0.258 e. The number of nitrogens with one attached hydrogen (secondary N) is 2. The molecule has 0 radical (unpaired) electrons. The van der Waals surface area contributed by atoms with Crippen molar-refractivity contribution in [1.82, 2.24) is 15.5 Å². The molecule has 5 aliphatic heterocycles. The van der Waals surface area contributed by atoms with Crippen LogP contribution < -0.4 is 24.8 Å². The van der Waals surface area contributed by atoms with Crippen LogP contribution in [0.3, 0.4) is 0 Å². The third kappa shape index (κ3) is 7.73. The Balaban J connectivity index is 1.34. The largest absolute Gasteiger partial charge is 0.505 e. The lowest BCUT2D eigenvalue weighted by atomic mass is 10.0. The molecule has 11 heteroatoms. The van der Waals surface area contributed by atoms with E-state index in [-0.39, 0.29) is 31.4 Å². The monoisotopic (exact) mass is 591 g/mol. The van der Waals surface area contributed by atoms with Crippen LogP contribution in [0.15, 0.2) is 60.7 Å². The molecule has 1 saturated heterocycles. The first-order chi connectivity index (χ1) is 20.8. The molecule has 3 aromatic carbocycles. The Kier molecular flexibility index (Phi) is 9.29. The third-order valence-electron chi connectivity index (χ3n) is 7.54. The Bertz CT molecular complexity index is 1480. The van der Waals surface area contributed by atoms with Crippen molar-refractivity contribution in [2.45, 2.75) is 44.4 Å². The van der Waals surface area contributed by atoms with E-state index in [1.807, 2.05) is 30.3 Å². The van der Waals surface area contributed by atoms with E-state index in [1.54, 1.807) is 17.0 Å². The van der Waals surface area contributed by atoms with Crippen molar-refractivity contribution in [2.24, 2.45) is 0 Å². The molecule has 226 valence electrons. The number of aromatic hydroxyl groups is 1. The van der Waals surface area contributed by atoms with Gasteiger partial charge in [-0.2, -0.15) is 0 Å². The molecule has 8 rings (SSSR count). The maximum absolute atomic E-state index is 13.8. The number of phenols is 1. The highest BCUT2D eigenvalue weighted by Crippen LogP contribution is 2.29. The first-order valence-electron chi connectivity index (χ1n) is 14.1. The summed E-state index contributed by atoms with van der Waals surface area (Å²) in [5, 5.41) is 15.4. The molecule has 2 atom stereocenters. The molecule has 5 aliphatic rings. The zero-order valence-electron chi connectivity index (χ0n) is 23.8. The first-order valence-corrected chi connectivity index (χ1v) is 14.1. The minimum atomic E-state index is -0.792. The van der Waals surface area contributed by atoms with Gasteiger partial charge in [-0.25, -0.2) is 4.39 Å². The van der Waals surface area contributed by atoms with Gasteiger partial charge in [-0.1, -0.05) is 24.3 Å². The van der Waals surface area contributed by atoms with E-state index in [2.05, 4.69) is 10.6 Å². The highest BCUT2D eigenvalue weighted by molar-refractivity contribution is 5.80. The number of hydrogen-bond donors (Lipinski definition) is 3. The zero-order valence-corrected chi connectivity index (χ0v) is 23.8. The van der Waals surface area contributed by atoms with Gasteiger partial charge in [0.2, 0.25) is 11.8 Å². The van der Waals surface area contributed by atoms with E-state index in [9.17, 15) is 23.9 Å². The summed E-state index contributed by atoms with van der Waals surface area (Å²) in [7, 11) is 1.50. The summed E-state index contributed by atoms with van der Waals surface area (Å²) in [5.41, 5.74) is 2.24. The van der Waals surface area contributed by atoms with Crippen molar-refractivity contribution in [3.8, 4) is 23.0 Å². The Morgan fingerprint density at radius 3 is 2.60 bits per heavy atom. The van der Waals surface area contributed by atoms with Crippen LogP contribution in [0.1, 0.15) is 29.5 Å². The molecule has 3 amide bonds. The second-order valence-corrected chi connectivity index (χ2v) is 10.6. The number of hydrogen-bond acceptors (Lipinski definition) is 7. The summed E-state index contributed by atoms with van der Waals surface area (Å²) in [6.07, 6.45) is 0.760. The van der Waals surface area contributed by atoms with Crippen molar-refractivity contribution >= 4 is 17.7 Å². The average Bonchev–Trinajstić information content (AvgIpc) is 3.01. The highest BCUT2D eigenvalue weighted by Gasteiger charge is 2.34. The second-order valence-electron chi connectivity index (χ2n) is 10.6. The van der Waals surface area contributed by atoms with Crippen molar-refractivity contribution in [1.29, 1.82) is 0 Å². The van der Waals surface area contributed by atoms with Crippen LogP contribution in [0.2, 0.25) is 0 Å². The summed E-state index contributed by atoms with van der Waals surface area (Å²) >= 11 is 0. The Labute approximate surface area is 248 Å². The molecule has 3 N–H and O–H groups in total. The quantitative estimate of drug-likeness (QED) is 0.428. The number of benzene rings is 3. The molecule has 0 unspecified atom stereocenters. The fourth-order valence-corrected chi connectivity index (χ4v) is 5.17. The zero-order chi connectivity index (χ0) is 30.3. The van der Waals surface area contributed by atoms with Crippen LogP contribution in [-0.4, -0.2) is 66.7 Å². The maximum atomic E-state index is 13.8. The molecular weight excluding hydrogens is 557 g/mol. The van der Waals surface area contributed by atoms with Crippen LogP contribution in [0.5, 0.6) is 23.0 Å². The Morgan fingerprint density at radius 1 is 1.05 bits per heavy atom. The van der Waals surface area contributed by atoms with Crippen molar-refractivity contribution in [3.63, 3.8) is 0 Å². The molecule has 0 spiro atoms. The van der Waals surface area contributed by atoms with E-state index >= 15 is 0 Å². The second kappa shape index (κ2) is 13.5. The first kappa shape index (κ1) is 29.7. The standard InChI is InChI=1S/C32H34FN3O7/c1-41-29-15-20-5-10-28(29)42-19-31(39)35-25-18-36(32(40)16-22-4-9-26(37)24(33)14-22)13-12-27(25)43-23-7-2-21(3-8-23)17-34-30(38)11-6-20/h2-5,7-10,14-15,25,27,37H,6,11-13,16-19H2,1H3,(H,34,38)(H,35,39)/t25-,27-/m1/s1. The Hall–Kier alpha value is -4.80. The van der Waals surface area contributed by atoms with E-state index in [0.717, 1.165) is 17.2 Å². The molecule has 4 bridgehead atoms. The lowest BCUT2D eigenvalue weighted by Crippen LogP contribution is -2.58. The van der Waals surface area contributed by atoms with E-state index < -0.39 is 29.6 Å². The molecule has 0 aromatic heterocycles. The van der Waals surface area contributed by atoms with Gasteiger partial charge in [0.15, 0.2) is 29.7 Å². The third-order valence-corrected chi connectivity index (χ3v) is 7.54. The number of methoxy groups -OCH3 is 1. The number of aryl methyl sites for hydroxylation is 1. The Morgan fingerprint density at radius 2 is 1.84 bits per heavy atom. The van der Waals surface area contributed by atoms with Gasteiger partial charge in [-0.3, -0.25) is 14.4 Å². The highest BCUT2D eigenvalue weighted by atomic mass is 19.1. The predicted octanol–water partition coefficient (Wildman–Crippen LogP) is 2.89. The molecule has 1 fully saturated rings. The van der Waals surface area contributed by atoms with Crippen molar-refractivity contribution in [2.75, 3.05) is 26.8 Å². The van der Waals surface area contributed by atoms with Gasteiger partial charge < -0.3 is 34.9 Å². The van der Waals surface area contributed by atoms with E-state index in [1.165, 1.54) is 19.2 Å².